The van der Waals surface area contributed by atoms with Crippen LogP contribution in [-0.2, 0) is 6.54 Å². The number of anilines is 1. The van der Waals surface area contributed by atoms with E-state index in [0.717, 1.165) is 5.01 Å². The predicted octanol–water partition coefficient (Wildman–Crippen LogP) is 1.31. The van der Waals surface area contributed by atoms with Crippen LogP contribution in [0.1, 0.15) is 15.5 Å². The minimum Gasteiger partial charge on any atom is -0.325 e. The molecule has 2 aromatic heterocycles. The average molecular weight is 240 g/mol. The molecule has 0 saturated heterocycles. The molecule has 2 aromatic rings. The Bertz CT molecular complexity index is 451. The van der Waals surface area contributed by atoms with Crippen molar-refractivity contribution in [2.75, 3.05) is 5.32 Å². The first-order valence-electron chi connectivity index (χ1n) is 4.15. The van der Waals surface area contributed by atoms with Crippen LogP contribution in [0.25, 0.3) is 0 Å². The van der Waals surface area contributed by atoms with Crippen molar-refractivity contribution >= 4 is 33.7 Å². The second-order valence-corrected chi connectivity index (χ2v) is 4.46. The van der Waals surface area contributed by atoms with Gasteiger partial charge in [-0.2, -0.15) is 0 Å². The van der Waals surface area contributed by atoms with E-state index >= 15 is 0 Å². The van der Waals surface area contributed by atoms with Crippen LogP contribution in [0.4, 0.5) is 5.13 Å². The number of hydrogen-bond acceptors (Lipinski definition) is 6. The minimum absolute atomic E-state index is 0.249. The second kappa shape index (κ2) is 4.47. The van der Waals surface area contributed by atoms with Gasteiger partial charge >= 0.3 is 0 Å². The second-order valence-electron chi connectivity index (χ2n) is 2.62. The number of thiazole rings is 2. The van der Waals surface area contributed by atoms with Gasteiger partial charge in [0.15, 0.2) is 5.13 Å². The number of carbonyl (C=O) groups is 1. The maximum Gasteiger partial charge on any atom is 0.276 e. The standard InChI is InChI=1S/C8H8N4OS2/c9-3-6-11-5(4-15-6)7(13)12-8-10-1-2-14-8/h1-2,4H,3,9H2,(H,10,12,13). The summed E-state index contributed by atoms with van der Waals surface area (Å²) >= 11 is 2.74. The SMILES string of the molecule is NCc1nc(C(=O)Nc2nccs2)cs1. The molecule has 0 bridgehead atoms. The molecule has 1 amide bonds. The zero-order valence-electron chi connectivity index (χ0n) is 7.64. The quantitative estimate of drug-likeness (QED) is 0.847. The lowest BCUT2D eigenvalue weighted by Gasteiger charge is -1.96. The lowest BCUT2D eigenvalue weighted by Crippen LogP contribution is -2.12. The smallest absolute Gasteiger partial charge is 0.276 e. The topological polar surface area (TPSA) is 80.9 Å². The van der Waals surface area contributed by atoms with Gasteiger partial charge in [-0.05, 0) is 0 Å². The summed E-state index contributed by atoms with van der Waals surface area (Å²) in [5, 5.41) is 7.45. The number of nitrogens with two attached hydrogens (primary N) is 1. The average Bonchev–Trinajstić information content (AvgIpc) is 2.86. The van der Waals surface area contributed by atoms with Gasteiger partial charge in [0.1, 0.15) is 10.7 Å². The Morgan fingerprint density at radius 2 is 2.40 bits per heavy atom. The van der Waals surface area contributed by atoms with Crippen LogP contribution in [0, 0.1) is 0 Å². The van der Waals surface area contributed by atoms with Crippen LogP contribution < -0.4 is 11.1 Å². The monoisotopic (exact) mass is 240 g/mol. The number of carbonyl (C=O) groups excluding carboxylic acids is 1. The van der Waals surface area contributed by atoms with Crippen molar-refractivity contribution in [2.24, 2.45) is 5.73 Å². The summed E-state index contributed by atoms with van der Waals surface area (Å²) in [6.45, 7) is 0.356. The molecular weight excluding hydrogens is 232 g/mol. The Morgan fingerprint density at radius 1 is 1.53 bits per heavy atom. The molecule has 0 fully saturated rings. The van der Waals surface area contributed by atoms with Crippen molar-refractivity contribution in [1.82, 2.24) is 9.97 Å². The Labute approximate surface area is 94.0 Å². The summed E-state index contributed by atoms with van der Waals surface area (Å²) in [5.74, 6) is -0.249. The van der Waals surface area contributed by atoms with Crippen LogP contribution in [0.2, 0.25) is 0 Å². The molecule has 0 atom stereocenters. The fourth-order valence-corrected chi connectivity index (χ4v) is 2.13. The zero-order valence-corrected chi connectivity index (χ0v) is 9.27. The summed E-state index contributed by atoms with van der Waals surface area (Å²) in [7, 11) is 0. The molecule has 0 aromatic carbocycles. The predicted molar refractivity (Wildman–Crippen MR) is 60.1 cm³/mol. The van der Waals surface area contributed by atoms with Gasteiger partial charge in [0.2, 0.25) is 0 Å². The van der Waals surface area contributed by atoms with Crippen molar-refractivity contribution < 1.29 is 4.79 Å². The van der Waals surface area contributed by atoms with Crippen molar-refractivity contribution in [2.45, 2.75) is 6.54 Å². The van der Waals surface area contributed by atoms with Crippen molar-refractivity contribution in [3.63, 3.8) is 0 Å². The van der Waals surface area contributed by atoms with E-state index in [4.69, 9.17) is 5.73 Å². The summed E-state index contributed by atoms with van der Waals surface area (Å²) in [6, 6.07) is 0. The van der Waals surface area contributed by atoms with Gasteiger partial charge < -0.3 is 5.73 Å². The maximum absolute atomic E-state index is 11.6. The third-order valence-corrected chi connectivity index (χ3v) is 3.17. The van der Waals surface area contributed by atoms with E-state index in [2.05, 4.69) is 15.3 Å². The summed E-state index contributed by atoms with van der Waals surface area (Å²) in [6.07, 6.45) is 1.63. The lowest BCUT2D eigenvalue weighted by atomic mass is 10.4. The van der Waals surface area contributed by atoms with Crippen LogP contribution in [0.15, 0.2) is 17.0 Å². The molecule has 3 N–H and O–H groups in total. The minimum atomic E-state index is -0.249. The Hall–Kier alpha value is -1.31. The molecule has 0 spiro atoms. The van der Waals surface area contributed by atoms with Gasteiger partial charge in [-0.15, -0.1) is 22.7 Å². The number of nitrogens with one attached hydrogen (secondary N) is 1. The molecule has 7 heteroatoms. The molecule has 5 nitrogen and oxygen atoms in total. The highest BCUT2D eigenvalue weighted by atomic mass is 32.1. The molecule has 78 valence electrons. The van der Waals surface area contributed by atoms with E-state index < -0.39 is 0 Å². The van der Waals surface area contributed by atoms with Crippen molar-refractivity contribution in [3.05, 3.63) is 27.7 Å². The largest absolute Gasteiger partial charge is 0.325 e. The molecule has 15 heavy (non-hydrogen) atoms. The fraction of sp³-hybridized carbons (Fsp3) is 0.125. The van der Waals surface area contributed by atoms with E-state index in [9.17, 15) is 4.79 Å². The maximum atomic E-state index is 11.6. The summed E-state index contributed by atoms with van der Waals surface area (Å²) in [5.41, 5.74) is 5.79. The summed E-state index contributed by atoms with van der Waals surface area (Å²) < 4.78 is 0. The number of hydrogen-bond donors (Lipinski definition) is 2. The zero-order chi connectivity index (χ0) is 10.7. The third kappa shape index (κ3) is 2.38. The van der Waals surface area contributed by atoms with Gasteiger partial charge in [-0.3, -0.25) is 10.1 Å². The molecule has 0 aliphatic heterocycles. The number of aromatic nitrogens is 2. The van der Waals surface area contributed by atoms with Crippen LogP contribution >= 0.6 is 22.7 Å². The number of nitrogens with zero attached hydrogens (tertiary/aromatic N) is 2. The molecule has 0 aliphatic carbocycles. The van der Waals surface area contributed by atoms with Gasteiger partial charge in [-0.1, -0.05) is 0 Å². The van der Waals surface area contributed by atoms with Crippen molar-refractivity contribution in [1.29, 1.82) is 0 Å². The van der Waals surface area contributed by atoms with Crippen LogP contribution in [0.3, 0.4) is 0 Å². The van der Waals surface area contributed by atoms with Crippen molar-refractivity contribution in [3.8, 4) is 0 Å². The number of rotatable bonds is 3. The Morgan fingerprint density at radius 3 is 3.00 bits per heavy atom. The highest BCUT2D eigenvalue weighted by Crippen LogP contribution is 2.14. The first-order valence-corrected chi connectivity index (χ1v) is 5.91. The Balaban J connectivity index is 2.08. The molecule has 2 heterocycles. The first-order chi connectivity index (χ1) is 7.29. The van der Waals surface area contributed by atoms with E-state index in [-0.39, 0.29) is 5.91 Å². The molecule has 0 radical (unpaired) electrons. The normalized spacial score (nSPS) is 10.2. The van der Waals surface area contributed by atoms with Crippen LogP contribution in [0.5, 0.6) is 0 Å². The van der Waals surface area contributed by atoms with Crippen LogP contribution in [-0.4, -0.2) is 15.9 Å². The summed E-state index contributed by atoms with van der Waals surface area (Å²) in [4.78, 5) is 19.6. The van der Waals surface area contributed by atoms with Gasteiger partial charge in [0, 0.05) is 23.5 Å². The van der Waals surface area contributed by atoms with Gasteiger partial charge in [0.05, 0.1) is 0 Å². The molecular formula is C8H8N4OS2. The van der Waals surface area contributed by atoms with E-state index in [1.165, 1.54) is 22.7 Å². The highest BCUT2D eigenvalue weighted by molar-refractivity contribution is 7.13. The molecule has 0 unspecified atom stereocenters. The third-order valence-electron chi connectivity index (χ3n) is 1.61. The van der Waals surface area contributed by atoms with Gasteiger partial charge in [-0.25, -0.2) is 9.97 Å². The molecule has 2 rings (SSSR count). The number of amides is 1. The molecule has 0 saturated carbocycles. The van der Waals surface area contributed by atoms with E-state index in [0.29, 0.717) is 17.4 Å². The first kappa shape index (κ1) is 10.2. The van der Waals surface area contributed by atoms with E-state index in [1.54, 1.807) is 17.0 Å². The highest BCUT2D eigenvalue weighted by Gasteiger charge is 2.11. The fourth-order valence-electron chi connectivity index (χ4n) is 0.955. The lowest BCUT2D eigenvalue weighted by molar-refractivity contribution is 0.102. The molecule has 0 aliphatic rings. The Kier molecular flexibility index (Phi) is 3.05. The van der Waals surface area contributed by atoms with Gasteiger partial charge in [0.25, 0.3) is 5.91 Å². The van der Waals surface area contributed by atoms with E-state index in [1.807, 2.05) is 0 Å².